The SMILES string of the molecule is Cc1ccnc(Cl)c1NC1CCNCc2ccccc21. The Morgan fingerprint density at radius 3 is 3.00 bits per heavy atom. The smallest absolute Gasteiger partial charge is 0.152 e. The van der Waals surface area contributed by atoms with Gasteiger partial charge in [0.2, 0.25) is 0 Å². The molecule has 1 unspecified atom stereocenters. The zero-order chi connectivity index (χ0) is 13.9. The first-order chi connectivity index (χ1) is 9.75. The van der Waals surface area contributed by atoms with E-state index < -0.39 is 0 Å². The van der Waals surface area contributed by atoms with Gasteiger partial charge in [-0.2, -0.15) is 0 Å². The van der Waals surface area contributed by atoms with E-state index >= 15 is 0 Å². The number of benzene rings is 1. The minimum absolute atomic E-state index is 0.265. The molecule has 0 aliphatic carbocycles. The molecule has 1 aliphatic rings. The molecule has 104 valence electrons. The summed E-state index contributed by atoms with van der Waals surface area (Å²) in [5.74, 6) is 0. The van der Waals surface area contributed by atoms with Crippen LogP contribution in [0.1, 0.15) is 29.2 Å². The van der Waals surface area contributed by atoms with E-state index in [4.69, 9.17) is 11.6 Å². The average molecular weight is 288 g/mol. The van der Waals surface area contributed by atoms with Gasteiger partial charge in [-0.05, 0) is 42.6 Å². The molecule has 0 radical (unpaired) electrons. The third-order valence-electron chi connectivity index (χ3n) is 3.79. The highest BCUT2D eigenvalue weighted by atomic mass is 35.5. The van der Waals surface area contributed by atoms with Gasteiger partial charge in [0.05, 0.1) is 11.7 Å². The second kappa shape index (κ2) is 5.81. The standard InChI is InChI=1S/C16H18ClN3/c1-11-6-9-19-16(17)15(11)20-14-7-8-18-10-12-4-2-3-5-13(12)14/h2-6,9,14,18,20H,7-8,10H2,1H3. The number of nitrogens with zero attached hydrogens (tertiary/aromatic N) is 1. The number of nitrogens with one attached hydrogen (secondary N) is 2. The molecule has 1 aromatic carbocycles. The Morgan fingerprint density at radius 1 is 1.30 bits per heavy atom. The van der Waals surface area contributed by atoms with Crippen LogP contribution in [-0.2, 0) is 6.54 Å². The number of hydrogen-bond acceptors (Lipinski definition) is 3. The van der Waals surface area contributed by atoms with Gasteiger partial charge in [-0.1, -0.05) is 35.9 Å². The number of pyridine rings is 1. The van der Waals surface area contributed by atoms with Gasteiger partial charge < -0.3 is 10.6 Å². The van der Waals surface area contributed by atoms with Crippen LogP contribution >= 0.6 is 11.6 Å². The summed E-state index contributed by atoms with van der Waals surface area (Å²) in [4.78, 5) is 4.17. The number of fused-ring (bicyclic) bond motifs is 1. The van der Waals surface area contributed by atoms with Crippen molar-refractivity contribution in [2.45, 2.75) is 25.9 Å². The predicted molar refractivity (Wildman–Crippen MR) is 83.1 cm³/mol. The highest BCUT2D eigenvalue weighted by Gasteiger charge is 2.19. The van der Waals surface area contributed by atoms with Crippen LogP contribution in [-0.4, -0.2) is 11.5 Å². The molecular weight excluding hydrogens is 270 g/mol. The van der Waals surface area contributed by atoms with Crippen molar-refractivity contribution in [2.75, 3.05) is 11.9 Å². The van der Waals surface area contributed by atoms with Crippen LogP contribution < -0.4 is 10.6 Å². The summed E-state index contributed by atoms with van der Waals surface area (Å²) < 4.78 is 0. The predicted octanol–water partition coefficient (Wildman–Crippen LogP) is 3.69. The molecule has 0 fully saturated rings. The number of rotatable bonds is 2. The van der Waals surface area contributed by atoms with E-state index in [-0.39, 0.29) is 6.04 Å². The molecule has 0 saturated carbocycles. The lowest BCUT2D eigenvalue weighted by atomic mass is 9.99. The van der Waals surface area contributed by atoms with Crippen molar-refractivity contribution in [3.05, 3.63) is 58.4 Å². The van der Waals surface area contributed by atoms with Crippen molar-refractivity contribution in [1.29, 1.82) is 0 Å². The highest BCUT2D eigenvalue weighted by molar-refractivity contribution is 6.32. The van der Waals surface area contributed by atoms with Crippen molar-refractivity contribution < 1.29 is 0 Å². The highest BCUT2D eigenvalue weighted by Crippen LogP contribution is 2.31. The van der Waals surface area contributed by atoms with Crippen LogP contribution in [0.5, 0.6) is 0 Å². The number of halogens is 1. The molecule has 1 aromatic heterocycles. The zero-order valence-electron chi connectivity index (χ0n) is 11.5. The summed E-state index contributed by atoms with van der Waals surface area (Å²) in [5.41, 5.74) is 4.76. The molecule has 2 N–H and O–H groups in total. The summed E-state index contributed by atoms with van der Waals surface area (Å²) in [6, 6.07) is 10.8. The minimum Gasteiger partial charge on any atom is -0.375 e. The molecule has 0 amide bonds. The fourth-order valence-corrected chi connectivity index (χ4v) is 2.94. The maximum absolute atomic E-state index is 6.23. The van der Waals surface area contributed by atoms with E-state index in [0.717, 1.165) is 30.8 Å². The monoisotopic (exact) mass is 287 g/mol. The van der Waals surface area contributed by atoms with Gasteiger partial charge in [-0.3, -0.25) is 0 Å². The fraction of sp³-hybridized carbons (Fsp3) is 0.312. The van der Waals surface area contributed by atoms with Crippen LogP contribution in [0.4, 0.5) is 5.69 Å². The molecule has 2 heterocycles. The lowest BCUT2D eigenvalue weighted by Crippen LogP contribution is -2.16. The van der Waals surface area contributed by atoms with Gasteiger partial charge >= 0.3 is 0 Å². The van der Waals surface area contributed by atoms with Crippen molar-refractivity contribution in [1.82, 2.24) is 10.3 Å². The molecule has 0 saturated heterocycles. The van der Waals surface area contributed by atoms with E-state index in [9.17, 15) is 0 Å². The number of hydrogen-bond donors (Lipinski definition) is 2. The van der Waals surface area contributed by atoms with Gasteiger partial charge in [0.1, 0.15) is 0 Å². The second-order valence-corrected chi connectivity index (χ2v) is 5.51. The lowest BCUT2D eigenvalue weighted by Gasteiger charge is -2.22. The molecule has 2 aromatic rings. The Hall–Kier alpha value is -1.58. The van der Waals surface area contributed by atoms with Gasteiger partial charge in [0, 0.05) is 12.7 Å². The second-order valence-electron chi connectivity index (χ2n) is 5.15. The van der Waals surface area contributed by atoms with Crippen LogP contribution in [0.25, 0.3) is 0 Å². The summed E-state index contributed by atoms with van der Waals surface area (Å²) in [7, 11) is 0. The average Bonchev–Trinajstić information content (AvgIpc) is 2.66. The third-order valence-corrected chi connectivity index (χ3v) is 4.07. The Kier molecular flexibility index (Phi) is 3.90. The first kappa shape index (κ1) is 13.4. The summed E-state index contributed by atoms with van der Waals surface area (Å²) in [5, 5.41) is 7.58. The third kappa shape index (κ3) is 2.65. The van der Waals surface area contributed by atoms with Gasteiger partial charge in [-0.25, -0.2) is 4.98 Å². The number of aromatic nitrogens is 1. The van der Waals surface area contributed by atoms with Crippen molar-refractivity contribution >= 4 is 17.3 Å². The van der Waals surface area contributed by atoms with Crippen molar-refractivity contribution in [2.24, 2.45) is 0 Å². The molecule has 1 aliphatic heterocycles. The Bertz CT molecular complexity index is 592. The van der Waals surface area contributed by atoms with Gasteiger partial charge in [-0.15, -0.1) is 0 Å². The van der Waals surface area contributed by atoms with Crippen LogP contribution in [0.2, 0.25) is 5.15 Å². The van der Waals surface area contributed by atoms with Crippen LogP contribution in [0.3, 0.4) is 0 Å². The Balaban J connectivity index is 1.94. The van der Waals surface area contributed by atoms with E-state index in [1.54, 1.807) is 6.20 Å². The first-order valence-electron chi connectivity index (χ1n) is 6.92. The largest absolute Gasteiger partial charge is 0.375 e. The lowest BCUT2D eigenvalue weighted by molar-refractivity contribution is 0.636. The van der Waals surface area contributed by atoms with Crippen molar-refractivity contribution in [3.8, 4) is 0 Å². The van der Waals surface area contributed by atoms with Gasteiger partial charge in [0.15, 0.2) is 5.15 Å². The molecular formula is C16H18ClN3. The maximum Gasteiger partial charge on any atom is 0.152 e. The summed E-state index contributed by atoms with van der Waals surface area (Å²) in [6.45, 7) is 3.97. The quantitative estimate of drug-likeness (QED) is 0.827. The number of anilines is 1. The molecule has 4 heteroatoms. The summed E-state index contributed by atoms with van der Waals surface area (Å²) in [6.07, 6.45) is 2.77. The molecule has 3 rings (SSSR count). The molecule has 0 spiro atoms. The Morgan fingerprint density at radius 2 is 2.15 bits per heavy atom. The van der Waals surface area contributed by atoms with Crippen molar-refractivity contribution in [3.63, 3.8) is 0 Å². The molecule has 3 nitrogen and oxygen atoms in total. The first-order valence-corrected chi connectivity index (χ1v) is 7.29. The zero-order valence-corrected chi connectivity index (χ0v) is 12.2. The van der Waals surface area contributed by atoms with E-state index in [1.165, 1.54) is 11.1 Å². The van der Waals surface area contributed by atoms with E-state index in [1.807, 2.05) is 6.07 Å². The molecule has 20 heavy (non-hydrogen) atoms. The topological polar surface area (TPSA) is 37.0 Å². The summed E-state index contributed by atoms with van der Waals surface area (Å²) >= 11 is 6.23. The fourth-order valence-electron chi connectivity index (χ4n) is 2.68. The minimum atomic E-state index is 0.265. The van der Waals surface area contributed by atoms with Crippen LogP contribution in [0.15, 0.2) is 36.5 Å². The molecule has 0 bridgehead atoms. The number of aryl methyl sites for hydroxylation is 1. The van der Waals surface area contributed by atoms with Crippen LogP contribution in [0, 0.1) is 6.92 Å². The van der Waals surface area contributed by atoms with Gasteiger partial charge in [0.25, 0.3) is 0 Å². The van der Waals surface area contributed by atoms with E-state index in [0.29, 0.717) is 5.15 Å². The normalized spacial score (nSPS) is 18.2. The molecule has 1 atom stereocenters. The van der Waals surface area contributed by atoms with E-state index in [2.05, 4.69) is 46.8 Å². The Labute approximate surface area is 124 Å². The maximum atomic E-state index is 6.23.